The highest BCUT2D eigenvalue weighted by Gasteiger charge is 2.35. The van der Waals surface area contributed by atoms with Crippen LogP contribution in [0.2, 0.25) is 0 Å². The van der Waals surface area contributed by atoms with Crippen molar-refractivity contribution in [1.82, 2.24) is 10.9 Å². The molecule has 2 aromatic rings. The van der Waals surface area contributed by atoms with E-state index >= 15 is 0 Å². The maximum atomic E-state index is 13.2. The molecule has 1 unspecified atom stereocenters. The molecule has 0 aromatic heterocycles. The van der Waals surface area contributed by atoms with Crippen molar-refractivity contribution in [3.8, 4) is 0 Å². The molecule has 39 heavy (non-hydrogen) atoms. The Morgan fingerprint density at radius 3 is 1.56 bits per heavy atom. The number of carbonyl (C=O) groups excluding carboxylic acids is 4. The summed E-state index contributed by atoms with van der Waals surface area (Å²) in [6.45, 7) is 3.66. The summed E-state index contributed by atoms with van der Waals surface area (Å²) >= 11 is 9.14. The van der Waals surface area contributed by atoms with E-state index < -0.39 is 17.7 Å². The fraction of sp³-hybridized carbons (Fsp3) is 0.280. The molecule has 2 aliphatic rings. The number of amides is 4. The maximum absolute atomic E-state index is 13.2. The van der Waals surface area contributed by atoms with E-state index in [1.54, 1.807) is 55.5 Å². The molecule has 0 aliphatic carbocycles. The molecule has 14 heteroatoms. The van der Waals surface area contributed by atoms with Gasteiger partial charge in [0.15, 0.2) is 10.3 Å². The van der Waals surface area contributed by atoms with Gasteiger partial charge in [-0.2, -0.15) is 0 Å². The van der Waals surface area contributed by atoms with Gasteiger partial charge in [-0.3, -0.25) is 29.0 Å². The van der Waals surface area contributed by atoms with E-state index in [-0.39, 0.29) is 29.2 Å². The highest BCUT2D eigenvalue weighted by atomic mass is 79.9. The van der Waals surface area contributed by atoms with Gasteiger partial charge in [0.2, 0.25) is 11.8 Å². The number of benzene rings is 2. The average Bonchev–Trinajstić information content (AvgIpc) is 3.48. The Bertz CT molecular complexity index is 1240. The van der Waals surface area contributed by atoms with Crippen LogP contribution in [0.5, 0.6) is 0 Å². The number of thioether (sulfide) groups is 2. The van der Waals surface area contributed by atoms with Gasteiger partial charge < -0.3 is 0 Å². The van der Waals surface area contributed by atoms with Crippen molar-refractivity contribution < 1.29 is 19.2 Å². The first-order valence-electron chi connectivity index (χ1n) is 11.9. The summed E-state index contributed by atoms with van der Waals surface area (Å²) in [4.78, 5) is 54.1. The molecule has 2 N–H and O–H groups in total. The van der Waals surface area contributed by atoms with Crippen LogP contribution in [0.1, 0.15) is 20.3 Å². The smallest absolute Gasteiger partial charge is 0.253 e. The molecule has 0 saturated carbocycles. The van der Waals surface area contributed by atoms with Crippen molar-refractivity contribution in [3.05, 3.63) is 57.5 Å². The van der Waals surface area contributed by atoms with Crippen molar-refractivity contribution >= 4 is 101 Å². The molecule has 0 radical (unpaired) electrons. The van der Waals surface area contributed by atoms with Gasteiger partial charge in [0.25, 0.3) is 11.8 Å². The zero-order chi connectivity index (χ0) is 28.1. The lowest BCUT2D eigenvalue weighted by molar-refractivity contribution is -0.137. The predicted molar refractivity (Wildman–Crippen MR) is 162 cm³/mol. The molecule has 2 aromatic carbocycles. The second kappa shape index (κ2) is 13.1. The summed E-state index contributed by atoms with van der Waals surface area (Å²) < 4.78 is 1.73. The summed E-state index contributed by atoms with van der Waals surface area (Å²) in [5, 5.41) is 8.97. The predicted octanol–water partition coefficient (Wildman–Crippen LogP) is 4.51. The second-order valence-corrected chi connectivity index (χ2v) is 12.3. The zero-order valence-electron chi connectivity index (χ0n) is 20.9. The van der Waals surface area contributed by atoms with Gasteiger partial charge in [-0.25, -0.2) is 10.9 Å². The highest BCUT2D eigenvalue weighted by Crippen LogP contribution is 2.29. The summed E-state index contributed by atoms with van der Waals surface area (Å²) in [5.74, 6) is -2.63. The largest absolute Gasteiger partial charge is 0.273 e. The first-order valence-corrected chi connectivity index (χ1v) is 15.4. The number of halogens is 2. The van der Waals surface area contributed by atoms with Crippen LogP contribution in [-0.4, -0.2) is 45.5 Å². The monoisotopic (exact) mass is 694 g/mol. The van der Waals surface area contributed by atoms with E-state index in [0.29, 0.717) is 28.1 Å². The third-order valence-corrected chi connectivity index (χ3v) is 8.91. The van der Waals surface area contributed by atoms with Crippen molar-refractivity contribution in [2.45, 2.75) is 20.3 Å². The lowest BCUT2D eigenvalue weighted by Crippen LogP contribution is -2.43. The SMILES string of the molecule is CCC(C)C(C(=O)N/N=C1/SCC(=O)N1c1ccc(Br)cc1)C(=O)N/N=C1/SCC(=O)N1c1ccc(Br)cc1. The third-order valence-electron chi connectivity index (χ3n) is 6.00. The van der Waals surface area contributed by atoms with Crippen LogP contribution < -0.4 is 20.7 Å². The average molecular weight is 696 g/mol. The van der Waals surface area contributed by atoms with Crippen LogP contribution in [0.15, 0.2) is 67.7 Å². The quantitative estimate of drug-likeness (QED) is 0.310. The Hall–Kier alpha value is -2.68. The molecule has 10 nitrogen and oxygen atoms in total. The van der Waals surface area contributed by atoms with Crippen molar-refractivity contribution in [2.24, 2.45) is 22.0 Å². The van der Waals surface area contributed by atoms with Gasteiger partial charge in [-0.15, -0.1) is 10.2 Å². The molecule has 2 heterocycles. The molecule has 0 spiro atoms. The van der Waals surface area contributed by atoms with Gasteiger partial charge in [-0.1, -0.05) is 75.7 Å². The van der Waals surface area contributed by atoms with Crippen LogP contribution in [0.4, 0.5) is 11.4 Å². The summed E-state index contributed by atoms with van der Waals surface area (Å²) in [5.41, 5.74) is 6.17. The fourth-order valence-electron chi connectivity index (χ4n) is 3.79. The number of hydrogen-bond donors (Lipinski definition) is 2. The Morgan fingerprint density at radius 2 is 1.21 bits per heavy atom. The van der Waals surface area contributed by atoms with Crippen LogP contribution >= 0.6 is 55.4 Å². The molecule has 4 amide bonds. The highest BCUT2D eigenvalue weighted by molar-refractivity contribution is 9.10. The Kier molecular flexibility index (Phi) is 9.86. The molecule has 204 valence electrons. The molecule has 2 aliphatic heterocycles. The fourth-order valence-corrected chi connectivity index (χ4v) is 5.98. The Morgan fingerprint density at radius 1 is 0.821 bits per heavy atom. The van der Waals surface area contributed by atoms with E-state index in [2.05, 4.69) is 52.9 Å². The number of hydrogen-bond acceptors (Lipinski definition) is 8. The van der Waals surface area contributed by atoms with Crippen LogP contribution in [0.25, 0.3) is 0 Å². The third kappa shape index (κ3) is 6.91. The second-order valence-electron chi connectivity index (χ2n) is 8.59. The summed E-state index contributed by atoms with van der Waals surface area (Å²) in [6.07, 6.45) is 0.551. The number of amidine groups is 2. The van der Waals surface area contributed by atoms with Crippen LogP contribution in [-0.2, 0) is 19.2 Å². The Labute approximate surface area is 250 Å². The standard InChI is InChI=1S/C25H24Br2N6O4S2/c1-3-14(2)21(22(36)28-30-24-32(19(34)12-38-24)17-8-4-15(26)5-9-17)23(37)29-31-25-33(20(35)13-39-25)18-10-6-16(27)7-11-18/h4-11,14,21H,3,12-13H2,1-2H3,(H,28,36)(H,29,37)/b30-24+,31-25+. The lowest BCUT2D eigenvalue weighted by Gasteiger charge is -2.21. The van der Waals surface area contributed by atoms with Gasteiger partial charge in [-0.05, 0) is 54.4 Å². The van der Waals surface area contributed by atoms with E-state index in [1.807, 2.05) is 6.92 Å². The molecule has 1 atom stereocenters. The topological polar surface area (TPSA) is 124 Å². The normalized spacial score (nSPS) is 18.4. The number of nitrogens with one attached hydrogen (secondary N) is 2. The summed E-state index contributed by atoms with van der Waals surface area (Å²) in [6, 6.07) is 14.3. The zero-order valence-corrected chi connectivity index (χ0v) is 25.7. The Balaban J connectivity index is 1.48. The van der Waals surface area contributed by atoms with Crippen LogP contribution in [0, 0.1) is 11.8 Å². The van der Waals surface area contributed by atoms with E-state index in [1.165, 1.54) is 33.3 Å². The van der Waals surface area contributed by atoms with Gasteiger partial charge >= 0.3 is 0 Å². The van der Waals surface area contributed by atoms with E-state index in [9.17, 15) is 19.2 Å². The first-order chi connectivity index (χ1) is 18.7. The minimum Gasteiger partial charge on any atom is -0.273 e. The minimum absolute atomic E-state index is 0.165. The lowest BCUT2D eigenvalue weighted by atomic mass is 9.90. The first kappa shape index (κ1) is 29.3. The minimum atomic E-state index is -1.10. The van der Waals surface area contributed by atoms with Crippen molar-refractivity contribution in [3.63, 3.8) is 0 Å². The maximum Gasteiger partial charge on any atom is 0.253 e. The van der Waals surface area contributed by atoms with Gasteiger partial charge in [0, 0.05) is 8.95 Å². The number of anilines is 2. The van der Waals surface area contributed by atoms with E-state index in [0.717, 1.165) is 8.95 Å². The molecular weight excluding hydrogens is 672 g/mol. The van der Waals surface area contributed by atoms with Gasteiger partial charge in [0.05, 0.1) is 22.9 Å². The van der Waals surface area contributed by atoms with Crippen LogP contribution in [0.3, 0.4) is 0 Å². The summed E-state index contributed by atoms with van der Waals surface area (Å²) in [7, 11) is 0. The number of hydrazone groups is 2. The number of nitrogens with zero attached hydrogens (tertiary/aromatic N) is 4. The van der Waals surface area contributed by atoms with E-state index in [4.69, 9.17) is 0 Å². The molecule has 2 fully saturated rings. The molecule has 4 rings (SSSR count). The molecular formula is C25H24Br2N6O4S2. The molecule has 2 saturated heterocycles. The van der Waals surface area contributed by atoms with Crippen molar-refractivity contribution in [2.75, 3.05) is 21.3 Å². The van der Waals surface area contributed by atoms with Gasteiger partial charge in [0.1, 0.15) is 5.92 Å². The number of carbonyl (C=O) groups is 4. The number of rotatable bonds is 8. The molecule has 0 bridgehead atoms. The van der Waals surface area contributed by atoms with Crippen molar-refractivity contribution in [1.29, 1.82) is 0 Å².